The monoisotopic (exact) mass is 278 g/mol. The van der Waals surface area contributed by atoms with Crippen LogP contribution >= 0.6 is 11.3 Å². The van der Waals surface area contributed by atoms with Gasteiger partial charge in [-0.2, -0.15) is 5.10 Å². The van der Waals surface area contributed by atoms with E-state index < -0.39 is 0 Å². The molecular formula is C13H18N4OS. The Morgan fingerprint density at radius 1 is 1.47 bits per heavy atom. The van der Waals surface area contributed by atoms with Crippen LogP contribution in [0.4, 0.5) is 5.82 Å². The Hall–Kier alpha value is -1.69. The summed E-state index contributed by atoms with van der Waals surface area (Å²) in [4.78, 5) is 15.9. The van der Waals surface area contributed by atoms with Crippen LogP contribution in [0.2, 0.25) is 0 Å². The molecular weight excluding hydrogens is 260 g/mol. The molecule has 0 atom stereocenters. The molecule has 2 aromatic rings. The van der Waals surface area contributed by atoms with Crippen LogP contribution in [-0.2, 0) is 13.5 Å². The van der Waals surface area contributed by atoms with Crippen molar-refractivity contribution in [2.75, 3.05) is 5.32 Å². The van der Waals surface area contributed by atoms with Gasteiger partial charge in [0.2, 0.25) is 0 Å². The van der Waals surface area contributed by atoms with Gasteiger partial charge in [0.25, 0.3) is 5.91 Å². The van der Waals surface area contributed by atoms with Gasteiger partial charge in [0.05, 0.1) is 11.2 Å². The number of hydrogen-bond acceptors (Lipinski definition) is 4. The molecule has 0 spiro atoms. The van der Waals surface area contributed by atoms with Crippen LogP contribution in [0, 0.1) is 5.41 Å². The zero-order valence-corrected chi connectivity index (χ0v) is 12.4. The molecule has 0 saturated heterocycles. The first kappa shape index (κ1) is 13.7. The van der Waals surface area contributed by atoms with Gasteiger partial charge in [-0.15, -0.1) is 11.3 Å². The number of nitrogens with zero attached hydrogens (tertiary/aromatic N) is 3. The maximum Gasteiger partial charge on any atom is 0.276 e. The average Bonchev–Trinajstić information content (AvgIpc) is 2.87. The van der Waals surface area contributed by atoms with Gasteiger partial charge in [0.1, 0.15) is 11.5 Å². The summed E-state index contributed by atoms with van der Waals surface area (Å²) < 4.78 is 1.69. The van der Waals surface area contributed by atoms with E-state index in [2.05, 4.69) is 36.2 Å². The molecule has 19 heavy (non-hydrogen) atoms. The molecule has 0 aromatic carbocycles. The van der Waals surface area contributed by atoms with Crippen molar-refractivity contribution in [2.45, 2.75) is 27.2 Å². The minimum absolute atomic E-state index is 0.171. The summed E-state index contributed by atoms with van der Waals surface area (Å²) in [6, 6.07) is 1.91. The average molecular weight is 278 g/mol. The van der Waals surface area contributed by atoms with Crippen LogP contribution < -0.4 is 5.32 Å². The van der Waals surface area contributed by atoms with Crippen molar-refractivity contribution in [3.63, 3.8) is 0 Å². The van der Waals surface area contributed by atoms with E-state index in [0.29, 0.717) is 11.5 Å². The summed E-state index contributed by atoms with van der Waals surface area (Å²) in [6.45, 7) is 6.49. The molecule has 0 aliphatic heterocycles. The van der Waals surface area contributed by atoms with Crippen LogP contribution in [0.25, 0.3) is 0 Å². The second kappa shape index (κ2) is 5.13. The van der Waals surface area contributed by atoms with E-state index in [9.17, 15) is 4.79 Å². The van der Waals surface area contributed by atoms with Gasteiger partial charge >= 0.3 is 0 Å². The number of nitrogens with one attached hydrogen (secondary N) is 1. The fourth-order valence-electron chi connectivity index (χ4n) is 1.78. The summed E-state index contributed by atoms with van der Waals surface area (Å²) >= 11 is 1.40. The molecule has 102 valence electrons. The van der Waals surface area contributed by atoms with E-state index in [1.807, 2.05) is 13.1 Å². The van der Waals surface area contributed by atoms with Gasteiger partial charge in [-0.25, -0.2) is 4.98 Å². The lowest BCUT2D eigenvalue weighted by molar-refractivity contribution is 0.102. The first-order chi connectivity index (χ1) is 8.85. The third-order valence-corrected chi connectivity index (χ3v) is 3.13. The minimum atomic E-state index is -0.202. The lowest BCUT2D eigenvalue weighted by atomic mass is 9.91. The van der Waals surface area contributed by atoms with Gasteiger partial charge in [-0.1, -0.05) is 20.8 Å². The molecule has 2 aromatic heterocycles. The van der Waals surface area contributed by atoms with Gasteiger partial charge in [0, 0.05) is 18.5 Å². The molecule has 1 N–H and O–H groups in total. The maximum absolute atomic E-state index is 11.9. The Labute approximate surface area is 116 Å². The highest BCUT2D eigenvalue weighted by molar-refractivity contribution is 7.07. The third-order valence-electron chi connectivity index (χ3n) is 2.55. The van der Waals surface area contributed by atoms with E-state index in [-0.39, 0.29) is 11.3 Å². The predicted octanol–water partition coefficient (Wildman–Crippen LogP) is 2.72. The quantitative estimate of drug-likeness (QED) is 0.939. The predicted molar refractivity (Wildman–Crippen MR) is 76.4 cm³/mol. The van der Waals surface area contributed by atoms with Gasteiger partial charge in [0.15, 0.2) is 0 Å². The highest BCUT2D eigenvalue weighted by Gasteiger charge is 2.16. The number of rotatable bonds is 3. The second-order valence-electron chi connectivity index (χ2n) is 5.71. The highest BCUT2D eigenvalue weighted by atomic mass is 32.1. The van der Waals surface area contributed by atoms with Crippen LogP contribution in [0.5, 0.6) is 0 Å². The number of anilines is 1. The molecule has 0 radical (unpaired) electrons. The smallest absolute Gasteiger partial charge is 0.276 e. The van der Waals surface area contributed by atoms with E-state index >= 15 is 0 Å². The second-order valence-corrected chi connectivity index (χ2v) is 6.43. The first-order valence-electron chi connectivity index (χ1n) is 6.07. The van der Waals surface area contributed by atoms with Gasteiger partial charge < -0.3 is 5.32 Å². The van der Waals surface area contributed by atoms with Crippen molar-refractivity contribution < 1.29 is 4.79 Å². The zero-order chi connectivity index (χ0) is 14.0. The number of hydrogen-bond donors (Lipinski definition) is 1. The minimum Gasteiger partial charge on any atom is -0.305 e. The van der Waals surface area contributed by atoms with Gasteiger partial charge in [-0.3, -0.25) is 9.48 Å². The van der Waals surface area contributed by atoms with Crippen LogP contribution in [0.3, 0.4) is 0 Å². The summed E-state index contributed by atoms with van der Waals surface area (Å²) in [5, 5.41) is 8.96. The molecule has 2 rings (SSSR count). The fourth-order valence-corrected chi connectivity index (χ4v) is 2.31. The highest BCUT2D eigenvalue weighted by Crippen LogP contribution is 2.21. The number of thiazole rings is 1. The molecule has 0 aliphatic carbocycles. The van der Waals surface area contributed by atoms with Crippen molar-refractivity contribution in [2.24, 2.45) is 12.5 Å². The normalized spacial score (nSPS) is 11.6. The molecule has 0 saturated carbocycles. The van der Waals surface area contributed by atoms with Crippen LogP contribution in [0.15, 0.2) is 17.0 Å². The number of aromatic nitrogens is 3. The Balaban J connectivity index is 2.11. The maximum atomic E-state index is 11.9. The molecule has 2 heterocycles. The first-order valence-corrected chi connectivity index (χ1v) is 7.02. The third kappa shape index (κ3) is 3.64. The van der Waals surface area contributed by atoms with E-state index in [0.717, 1.165) is 12.1 Å². The van der Waals surface area contributed by atoms with Crippen molar-refractivity contribution in [3.05, 3.63) is 28.3 Å². The summed E-state index contributed by atoms with van der Waals surface area (Å²) in [5.41, 5.74) is 3.22. The Morgan fingerprint density at radius 3 is 2.79 bits per heavy atom. The lowest BCUT2D eigenvalue weighted by Gasteiger charge is -2.15. The molecule has 0 unspecified atom stereocenters. The number of carbonyl (C=O) groups is 1. The van der Waals surface area contributed by atoms with Gasteiger partial charge in [-0.05, 0) is 11.8 Å². The summed E-state index contributed by atoms with van der Waals surface area (Å²) in [7, 11) is 1.82. The zero-order valence-electron chi connectivity index (χ0n) is 11.6. The van der Waals surface area contributed by atoms with Crippen molar-refractivity contribution in [3.8, 4) is 0 Å². The Morgan fingerprint density at radius 2 is 2.21 bits per heavy atom. The number of aryl methyl sites for hydroxylation is 1. The standard InChI is InChI=1S/C13H18N4OS/c1-13(2,3)6-9-5-11(17(4)16-9)15-12(18)10-7-19-8-14-10/h5,7-8H,6H2,1-4H3,(H,15,18). The molecule has 0 aliphatic rings. The topological polar surface area (TPSA) is 59.8 Å². The Kier molecular flexibility index (Phi) is 3.71. The summed E-state index contributed by atoms with van der Waals surface area (Å²) in [5.74, 6) is 0.490. The lowest BCUT2D eigenvalue weighted by Crippen LogP contribution is -2.14. The summed E-state index contributed by atoms with van der Waals surface area (Å²) in [6.07, 6.45) is 0.868. The van der Waals surface area contributed by atoms with E-state index in [4.69, 9.17) is 0 Å². The van der Waals surface area contributed by atoms with E-state index in [1.54, 1.807) is 15.6 Å². The molecule has 5 nitrogen and oxygen atoms in total. The largest absolute Gasteiger partial charge is 0.305 e. The Bertz CT molecular complexity index is 566. The molecule has 1 amide bonds. The number of amides is 1. The fraction of sp³-hybridized carbons (Fsp3) is 0.462. The van der Waals surface area contributed by atoms with E-state index in [1.165, 1.54) is 11.3 Å². The number of carbonyl (C=O) groups excluding carboxylic acids is 1. The SMILES string of the molecule is Cn1nc(CC(C)(C)C)cc1NC(=O)c1cscn1. The van der Waals surface area contributed by atoms with Crippen LogP contribution in [0.1, 0.15) is 37.0 Å². The van der Waals surface area contributed by atoms with Crippen LogP contribution in [-0.4, -0.2) is 20.7 Å². The van der Waals surface area contributed by atoms with Crippen molar-refractivity contribution >= 4 is 23.1 Å². The molecule has 0 bridgehead atoms. The van der Waals surface area contributed by atoms with Crippen molar-refractivity contribution in [1.82, 2.24) is 14.8 Å². The van der Waals surface area contributed by atoms with Crippen molar-refractivity contribution in [1.29, 1.82) is 0 Å². The molecule has 6 heteroatoms. The molecule has 0 fully saturated rings.